The van der Waals surface area contributed by atoms with Crippen LogP contribution in [0.3, 0.4) is 0 Å². The van der Waals surface area contributed by atoms with Gasteiger partial charge in [-0.1, -0.05) is 0 Å². The van der Waals surface area contributed by atoms with Crippen LogP contribution in [0.4, 0.5) is 0 Å². The first-order valence-electron chi connectivity index (χ1n) is 4.14. The topological polar surface area (TPSA) is 51.6 Å². The van der Waals surface area contributed by atoms with Crippen molar-refractivity contribution < 1.29 is 14.6 Å². The first-order valence-corrected chi connectivity index (χ1v) is 4.96. The van der Waals surface area contributed by atoms with Crippen molar-refractivity contribution in [2.45, 2.75) is 19.3 Å². The molecule has 1 aliphatic rings. The zero-order valence-electron chi connectivity index (χ0n) is 7.27. The van der Waals surface area contributed by atoms with Crippen molar-refractivity contribution in [2.24, 2.45) is 0 Å². The Morgan fingerprint density at radius 3 is 2.85 bits per heavy atom. The van der Waals surface area contributed by atoms with Crippen molar-refractivity contribution in [3.05, 3.63) is 16.1 Å². The van der Waals surface area contributed by atoms with E-state index in [4.69, 9.17) is 9.47 Å². The van der Waals surface area contributed by atoms with Crippen LogP contribution in [0.15, 0.2) is 6.20 Å². The molecule has 1 N–H and O–H groups in total. The van der Waals surface area contributed by atoms with Gasteiger partial charge in [0, 0.05) is 6.20 Å². The number of ether oxygens (including phenoxy) is 2. The first kappa shape index (κ1) is 9.08. The molecule has 1 saturated heterocycles. The Hall–Kier alpha value is -0.490. The highest BCUT2D eigenvalue weighted by atomic mass is 32.1. The SMILES string of the molecule is CC(O)c1cnc(C2OCCO2)s1. The summed E-state index contributed by atoms with van der Waals surface area (Å²) in [4.78, 5) is 4.97. The van der Waals surface area contributed by atoms with Gasteiger partial charge in [0.1, 0.15) is 5.01 Å². The molecule has 13 heavy (non-hydrogen) atoms. The van der Waals surface area contributed by atoms with Crippen LogP contribution in [0.5, 0.6) is 0 Å². The lowest BCUT2D eigenvalue weighted by Crippen LogP contribution is -1.95. The van der Waals surface area contributed by atoms with Gasteiger partial charge in [-0.2, -0.15) is 0 Å². The summed E-state index contributed by atoms with van der Waals surface area (Å²) in [5.41, 5.74) is 0. The summed E-state index contributed by atoms with van der Waals surface area (Å²) in [6.07, 6.45) is 0.876. The van der Waals surface area contributed by atoms with Crippen LogP contribution in [-0.2, 0) is 9.47 Å². The molecule has 0 amide bonds. The van der Waals surface area contributed by atoms with E-state index >= 15 is 0 Å². The number of thiazole rings is 1. The fraction of sp³-hybridized carbons (Fsp3) is 0.625. The molecular weight excluding hydrogens is 190 g/mol. The second kappa shape index (κ2) is 3.71. The number of aliphatic hydroxyl groups is 1. The number of hydrogen-bond donors (Lipinski definition) is 1. The zero-order valence-corrected chi connectivity index (χ0v) is 8.08. The van der Waals surface area contributed by atoms with Gasteiger partial charge in [-0.25, -0.2) is 4.98 Å². The molecule has 0 saturated carbocycles. The Bertz CT molecular complexity index is 281. The molecule has 2 heterocycles. The lowest BCUT2D eigenvalue weighted by molar-refractivity contribution is -0.0442. The maximum atomic E-state index is 9.27. The third-order valence-electron chi connectivity index (χ3n) is 1.78. The van der Waals surface area contributed by atoms with Crippen LogP contribution >= 0.6 is 11.3 Å². The Balaban J connectivity index is 2.12. The van der Waals surface area contributed by atoms with Gasteiger partial charge in [0.25, 0.3) is 0 Å². The average molecular weight is 201 g/mol. The molecule has 5 heteroatoms. The van der Waals surface area contributed by atoms with Gasteiger partial charge >= 0.3 is 0 Å². The number of nitrogens with zero attached hydrogens (tertiary/aromatic N) is 1. The van der Waals surface area contributed by atoms with Crippen molar-refractivity contribution >= 4 is 11.3 Å². The molecular formula is C8H11NO3S. The smallest absolute Gasteiger partial charge is 0.211 e. The molecule has 0 spiro atoms. The van der Waals surface area contributed by atoms with Gasteiger partial charge < -0.3 is 14.6 Å². The van der Waals surface area contributed by atoms with Crippen molar-refractivity contribution in [2.75, 3.05) is 13.2 Å². The van der Waals surface area contributed by atoms with Gasteiger partial charge in [-0.3, -0.25) is 0 Å². The Morgan fingerprint density at radius 2 is 2.31 bits per heavy atom. The maximum Gasteiger partial charge on any atom is 0.211 e. The van der Waals surface area contributed by atoms with Gasteiger partial charge in [0.2, 0.25) is 6.29 Å². The maximum absolute atomic E-state index is 9.27. The van der Waals surface area contributed by atoms with Crippen LogP contribution in [0.25, 0.3) is 0 Å². The summed E-state index contributed by atoms with van der Waals surface area (Å²) in [5, 5.41) is 10.1. The van der Waals surface area contributed by atoms with Crippen LogP contribution in [-0.4, -0.2) is 23.3 Å². The minimum atomic E-state index is -0.465. The standard InChI is InChI=1S/C8H11NO3S/c1-5(10)6-4-9-7(13-6)8-11-2-3-12-8/h4-5,8,10H,2-3H2,1H3. The van der Waals surface area contributed by atoms with E-state index in [1.165, 1.54) is 11.3 Å². The van der Waals surface area contributed by atoms with E-state index in [1.807, 2.05) is 0 Å². The van der Waals surface area contributed by atoms with Crippen molar-refractivity contribution in [1.29, 1.82) is 0 Å². The third kappa shape index (κ3) is 1.88. The predicted octanol–water partition coefficient (Wildman–Crippen LogP) is 1.24. The molecule has 0 bridgehead atoms. The molecule has 1 aliphatic heterocycles. The average Bonchev–Trinajstić information content (AvgIpc) is 2.75. The van der Waals surface area contributed by atoms with Crippen molar-refractivity contribution in [1.82, 2.24) is 4.98 Å². The highest BCUT2D eigenvalue weighted by molar-refractivity contribution is 7.11. The Labute approximate surface area is 80.1 Å². The first-order chi connectivity index (χ1) is 6.27. The molecule has 1 atom stereocenters. The van der Waals surface area contributed by atoms with E-state index in [0.717, 1.165) is 9.88 Å². The van der Waals surface area contributed by atoms with Gasteiger partial charge in [-0.15, -0.1) is 11.3 Å². The molecule has 1 aromatic heterocycles. The Morgan fingerprint density at radius 1 is 1.62 bits per heavy atom. The molecule has 0 radical (unpaired) electrons. The zero-order chi connectivity index (χ0) is 9.26. The van der Waals surface area contributed by atoms with Crippen LogP contribution in [0, 0.1) is 0 Å². The van der Waals surface area contributed by atoms with Crippen molar-refractivity contribution in [3.8, 4) is 0 Å². The highest BCUT2D eigenvalue weighted by Crippen LogP contribution is 2.29. The van der Waals surface area contributed by atoms with Crippen LogP contribution in [0.1, 0.15) is 29.2 Å². The second-order valence-corrected chi connectivity index (χ2v) is 3.94. The van der Waals surface area contributed by atoms with E-state index < -0.39 is 6.10 Å². The largest absolute Gasteiger partial charge is 0.388 e. The lowest BCUT2D eigenvalue weighted by atomic mass is 10.4. The van der Waals surface area contributed by atoms with Gasteiger partial charge in [0.15, 0.2) is 0 Å². The summed E-state index contributed by atoms with van der Waals surface area (Å²) >= 11 is 1.43. The predicted molar refractivity (Wildman–Crippen MR) is 47.4 cm³/mol. The Kier molecular flexibility index (Phi) is 2.59. The normalized spacial score (nSPS) is 20.8. The van der Waals surface area contributed by atoms with Gasteiger partial charge in [0.05, 0.1) is 24.2 Å². The number of hydrogen-bond acceptors (Lipinski definition) is 5. The molecule has 0 aromatic carbocycles. The molecule has 4 nitrogen and oxygen atoms in total. The van der Waals surface area contributed by atoms with E-state index in [2.05, 4.69) is 4.98 Å². The lowest BCUT2D eigenvalue weighted by Gasteiger charge is -2.03. The fourth-order valence-electron chi connectivity index (χ4n) is 1.10. The molecule has 1 aromatic rings. The van der Waals surface area contributed by atoms with Gasteiger partial charge in [-0.05, 0) is 6.92 Å². The van der Waals surface area contributed by atoms with E-state index in [-0.39, 0.29) is 6.29 Å². The second-order valence-electron chi connectivity index (χ2n) is 2.85. The molecule has 0 aliphatic carbocycles. The molecule has 2 rings (SSSR count). The summed E-state index contributed by atoms with van der Waals surface area (Å²) in [6.45, 7) is 2.95. The summed E-state index contributed by atoms with van der Waals surface area (Å²) in [7, 11) is 0. The summed E-state index contributed by atoms with van der Waals surface area (Å²) in [6, 6.07) is 0. The van der Waals surface area contributed by atoms with E-state index in [9.17, 15) is 5.11 Å². The van der Waals surface area contributed by atoms with E-state index in [0.29, 0.717) is 13.2 Å². The molecule has 1 unspecified atom stereocenters. The fourth-order valence-corrected chi connectivity index (χ4v) is 1.96. The summed E-state index contributed by atoms with van der Waals surface area (Å²) < 4.78 is 10.6. The quantitative estimate of drug-likeness (QED) is 0.782. The monoisotopic (exact) mass is 201 g/mol. The third-order valence-corrected chi connectivity index (χ3v) is 2.97. The highest BCUT2D eigenvalue weighted by Gasteiger charge is 2.22. The number of aliphatic hydroxyl groups excluding tert-OH is 1. The minimum Gasteiger partial charge on any atom is -0.388 e. The number of aromatic nitrogens is 1. The number of rotatable bonds is 2. The summed E-state index contributed by atoms with van der Waals surface area (Å²) in [5.74, 6) is 0. The van der Waals surface area contributed by atoms with Crippen LogP contribution in [0.2, 0.25) is 0 Å². The molecule has 72 valence electrons. The van der Waals surface area contributed by atoms with Crippen LogP contribution < -0.4 is 0 Å². The molecule has 1 fully saturated rings. The van der Waals surface area contributed by atoms with Crippen molar-refractivity contribution in [3.63, 3.8) is 0 Å². The van der Waals surface area contributed by atoms with E-state index in [1.54, 1.807) is 13.1 Å². The minimum absolute atomic E-state index is 0.322.